The normalized spacial score (nSPS) is 15.5. The van der Waals surface area contributed by atoms with E-state index < -0.39 is 65.9 Å². The third-order valence-corrected chi connectivity index (χ3v) is 14.7. The van der Waals surface area contributed by atoms with Crippen molar-refractivity contribution in [3.8, 4) is 0 Å². The zero-order valence-electron chi connectivity index (χ0n) is 50.1. The molecule has 0 saturated carbocycles. The molecule has 1 fully saturated rings. The van der Waals surface area contributed by atoms with Gasteiger partial charge in [-0.25, -0.2) is 19.1 Å². The Bertz CT molecular complexity index is 2100. The van der Waals surface area contributed by atoms with E-state index in [1.807, 2.05) is 4.90 Å². The lowest BCUT2D eigenvalue weighted by molar-refractivity contribution is -0.193. The van der Waals surface area contributed by atoms with Gasteiger partial charge in [0, 0.05) is 31.3 Å². The standard InChI is InChI=1S/C55H100N8O6.2C2HF3O2/c1-4-6-8-10-12-14-16-18-20-22-24-26-28-30-32-36-40-61(41-37-33-31-29-27-25-23-21-19-17-15-13-11-9-7-5-2)53(65)48-44-63(60-59-48)49-42-51(62-43-46(3)52(64)58-55(62)67)69-50(49)45-68-54(66)47(57)38-34-35-39-56;2*3-2(4,5)1(6)7/h43-44,47,49-51H,4-42,45,56-57H2,1-3H3,(H,58,64,67);2*(H,6,7)/t47-,49-,50+,51+;;/m0../s1. The van der Waals surface area contributed by atoms with Gasteiger partial charge in [0.15, 0.2) is 5.69 Å². The first-order chi connectivity index (χ1) is 39.6. The molecule has 480 valence electrons. The van der Waals surface area contributed by atoms with Crippen LogP contribution in [-0.2, 0) is 23.9 Å². The summed E-state index contributed by atoms with van der Waals surface area (Å²) in [6.45, 7) is 7.90. The summed E-state index contributed by atoms with van der Waals surface area (Å²) >= 11 is 0. The number of alkyl halides is 6. The second-order valence-electron chi connectivity index (χ2n) is 22.0. The highest BCUT2D eigenvalue weighted by Gasteiger charge is 2.41. The third kappa shape index (κ3) is 35.9. The SMILES string of the molecule is CCCCCCCCCCCCCCCCCCN(CCCCCCCCCCCCCCCCCC)C(=O)c1cn([C@H]2C[C@H](n3cc(C)c(=O)[nH]c3=O)O[C@@H]2COC(=O)[C@@H](N)CCCCN)nn1.O=C(O)C(F)(F)F.O=C(O)C(F)(F)F. The fraction of sp³-hybridized carbons (Fsp3) is 0.831. The molecule has 0 aromatic carbocycles. The number of hydrogen-bond donors (Lipinski definition) is 5. The molecule has 7 N–H and O–H groups in total. The number of nitrogens with two attached hydrogens (primary N) is 2. The average molecular weight is 1200 g/mol. The summed E-state index contributed by atoms with van der Waals surface area (Å²) in [5.41, 5.74) is 11.3. The van der Waals surface area contributed by atoms with Crippen LogP contribution in [-0.4, -0.2) is 114 Å². The lowest BCUT2D eigenvalue weighted by Crippen LogP contribution is -2.36. The second kappa shape index (κ2) is 45.5. The van der Waals surface area contributed by atoms with Crippen LogP contribution in [0.25, 0.3) is 0 Å². The third-order valence-electron chi connectivity index (χ3n) is 14.7. The van der Waals surface area contributed by atoms with Crippen LogP contribution in [0.1, 0.15) is 273 Å². The van der Waals surface area contributed by atoms with E-state index in [1.54, 1.807) is 17.8 Å². The number of carboxylic acids is 2. The van der Waals surface area contributed by atoms with Crippen molar-refractivity contribution in [2.24, 2.45) is 11.5 Å². The van der Waals surface area contributed by atoms with Crippen LogP contribution in [0.3, 0.4) is 0 Å². The molecule has 18 nitrogen and oxygen atoms in total. The molecule has 1 aliphatic heterocycles. The molecule has 2 aromatic rings. The molecular formula is C59H102F6N8O10. The van der Waals surface area contributed by atoms with Crippen molar-refractivity contribution >= 4 is 23.8 Å². The number of aromatic nitrogens is 5. The number of carboxylic acid groups (broad SMARTS) is 2. The first-order valence-electron chi connectivity index (χ1n) is 31.0. The highest BCUT2D eigenvalue weighted by atomic mass is 19.4. The molecular weight excluding hydrogens is 1090 g/mol. The minimum Gasteiger partial charge on any atom is -0.475 e. The van der Waals surface area contributed by atoms with Gasteiger partial charge in [-0.05, 0) is 39.2 Å². The Morgan fingerprint density at radius 1 is 0.663 bits per heavy atom. The van der Waals surface area contributed by atoms with Crippen molar-refractivity contribution in [2.45, 2.75) is 289 Å². The van der Waals surface area contributed by atoms with Gasteiger partial charge >= 0.3 is 36.0 Å². The summed E-state index contributed by atoms with van der Waals surface area (Å²) in [4.78, 5) is 74.3. The minimum absolute atomic E-state index is 0.141. The predicted octanol–water partition coefficient (Wildman–Crippen LogP) is 13.2. The van der Waals surface area contributed by atoms with Crippen LogP contribution in [0, 0.1) is 6.92 Å². The Labute approximate surface area is 487 Å². The zero-order chi connectivity index (χ0) is 61.9. The van der Waals surface area contributed by atoms with Gasteiger partial charge in [-0.15, -0.1) is 5.10 Å². The molecule has 24 heteroatoms. The molecule has 2 aromatic heterocycles. The summed E-state index contributed by atoms with van der Waals surface area (Å²) in [5, 5.41) is 23.1. The Kier molecular flexibility index (Phi) is 41.8. The number of amides is 1. The van der Waals surface area contributed by atoms with Crippen molar-refractivity contribution in [2.75, 3.05) is 26.2 Å². The lowest BCUT2D eigenvalue weighted by atomic mass is 10.0. The average Bonchev–Trinajstić information content (AvgIpc) is 4.19. The van der Waals surface area contributed by atoms with Gasteiger partial charge in [0.1, 0.15) is 25.0 Å². The number of unbranched alkanes of at least 4 members (excludes halogenated alkanes) is 31. The summed E-state index contributed by atoms with van der Waals surface area (Å²) in [6, 6.07) is -1.33. The maximum absolute atomic E-state index is 14.2. The highest BCUT2D eigenvalue weighted by molar-refractivity contribution is 5.91. The van der Waals surface area contributed by atoms with E-state index in [0.717, 1.165) is 32.1 Å². The van der Waals surface area contributed by atoms with E-state index >= 15 is 0 Å². The minimum atomic E-state index is -5.08. The predicted molar refractivity (Wildman–Crippen MR) is 308 cm³/mol. The zero-order valence-corrected chi connectivity index (χ0v) is 50.1. The van der Waals surface area contributed by atoms with E-state index in [2.05, 4.69) is 29.1 Å². The van der Waals surface area contributed by atoms with E-state index in [0.29, 0.717) is 38.0 Å². The largest absolute Gasteiger partial charge is 0.490 e. The topological polar surface area (TPSA) is 268 Å². The van der Waals surface area contributed by atoms with Crippen LogP contribution < -0.4 is 22.7 Å². The van der Waals surface area contributed by atoms with Crippen molar-refractivity contribution in [1.82, 2.24) is 29.4 Å². The number of hydrogen-bond acceptors (Lipinski definition) is 12. The van der Waals surface area contributed by atoms with Crippen molar-refractivity contribution in [3.63, 3.8) is 0 Å². The van der Waals surface area contributed by atoms with E-state index in [-0.39, 0.29) is 24.6 Å². The van der Waals surface area contributed by atoms with Crippen molar-refractivity contribution in [1.29, 1.82) is 0 Å². The fourth-order valence-electron chi connectivity index (χ4n) is 9.73. The molecule has 4 atom stereocenters. The number of ether oxygens (including phenoxy) is 2. The number of halogens is 6. The van der Waals surface area contributed by atoms with Crippen LogP contribution in [0.2, 0.25) is 0 Å². The van der Waals surface area contributed by atoms with Crippen molar-refractivity contribution < 1.29 is 65.2 Å². The van der Waals surface area contributed by atoms with Gasteiger partial charge in [0.05, 0.1) is 12.2 Å². The highest BCUT2D eigenvalue weighted by Crippen LogP contribution is 2.36. The number of aliphatic carboxylic acids is 2. The van der Waals surface area contributed by atoms with Crippen molar-refractivity contribution in [3.05, 3.63) is 44.5 Å². The summed E-state index contributed by atoms with van der Waals surface area (Å²) < 4.78 is 78.4. The van der Waals surface area contributed by atoms with Crippen LogP contribution >= 0.6 is 0 Å². The lowest BCUT2D eigenvalue weighted by Gasteiger charge is -2.22. The first kappa shape index (κ1) is 76.2. The molecule has 0 unspecified atom stereocenters. The van der Waals surface area contributed by atoms with Gasteiger partial charge in [-0.3, -0.25) is 23.9 Å². The Balaban J connectivity index is 0.00000217. The van der Waals surface area contributed by atoms with Gasteiger partial charge in [0.25, 0.3) is 11.5 Å². The summed E-state index contributed by atoms with van der Waals surface area (Å²) in [6.07, 6.45) is 35.2. The molecule has 1 saturated heterocycles. The van der Waals surface area contributed by atoms with Crippen LogP contribution in [0.15, 0.2) is 22.0 Å². The maximum atomic E-state index is 14.2. The number of aromatic amines is 1. The Morgan fingerprint density at radius 3 is 1.42 bits per heavy atom. The smallest absolute Gasteiger partial charge is 0.475 e. The summed E-state index contributed by atoms with van der Waals surface area (Å²) in [7, 11) is 0. The number of esters is 1. The van der Waals surface area contributed by atoms with Crippen LogP contribution in [0.5, 0.6) is 0 Å². The number of rotatable bonds is 44. The molecule has 3 rings (SSSR count). The van der Waals surface area contributed by atoms with Gasteiger partial charge in [-0.1, -0.05) is 218 Å². The maximum Gasteiger partial charge on any atom is 0.490 e. The molecule has 1 amide bonds. The Hall–Kier alpha value is -4.84. The van der Waals surface area contributed by atoms with Gasteiger partial charge < -0.3 is 36.1 Å². The Morgan fingerprint density at radius 2 is 1.05 bits per heavy atom. The molecule has 0 aliphatic carbocycles. The molecule has 0 bridgehead atoms. The molecule has 0 spiro atoms. The monoisotopic (exact) mass is 1200 g/mol. The van der Waals surface area contributed by atoms with E-state index in [4.69, 9.17) is 40.7 Å². The van der Waals surface area contributed by atoms with E-state index in [1.165, 1.54) is 191 Å². The number of carbonyl (C=O) groups is 4. The van der Waals surface area contributed by atoms with Gasteiger partial charge in [-0.2, -0.15) is 26.3 Å². The van der Waals surface area contributed by atoms with Gasteiger partial charge in [0.2, 0.25) is 0 Å². The number of H-pyrrole nitrogens is 1. The van der Waals surface area contributed by atoms with E-state index in [9.17, 15) is 45.5 Å². The first-order valence-corrected chi connectivity index (χ1v) is 31.0. The number of nitrogens with zero attached hydrogens (tertiary/aromatic N) is 5. The number of nitrogens with one attached hydrogen (secondary N) is 1. The number of aryl methyl sites for hydroxylation is 1. The van der Waals surface area contributed by atoms with Crippen LogP contribution in [0.4, 0.5) is 26.3 Å². The molecule has 0 radical (unpaired) electrons. The summed E-state index contributed by atoms with van der Waals surface area (Å²) in [5.74, 6) is -6.21. The molecule has 1 aliphatic rings. The molecule has 3 heterocycles. The fourth-order valence-corrected chi connectivity index (χ4v) is 9.73. The number of carbonyl (C=O) groups excluding carboxylic acids is 2. The second-order valence-corrected chi connectivity index (χ2v) is 22.0. The molecule has 83 heavy (non-hydrogen) atoms. The quantitative estimate of drug-likeness (QED) is 0.0235.